The van der Waals surface area contributed by atoms with Gasteiger partial charge in [-0.2, -0.15) is 0 Å². The van der Waals surface area contributed by atoms with Crippen molar-refractivity contribution in [2.45, 2.75) is 26.3 Å². The number of aromatic nitrogens is 2. The average Bonchev–Trinajstić information content (AvgIpc) is 2.75. The number of hydrogen-bond donors (Lipinski definition) is 2. The molecule has 0 bridgehead atoms. The second-order valence-corrected chi connectivity index (χ2v) is 5.29. The normalized spacial score (nSPS) is 11.6. The quantitative estimate of drug-likeness (QED) is 0.745. The lowest BCUT2D eigenvalue weighted by Gasteiger charge is -2.09. The standard InChI is InChI=1S/C15H24N4/c1-12(2)17-9-8-16-7-6-13-4-5-15-14(10-13)18-11-19(15)3/h4-5,10-12,16-17H,6-9H2,1-3H3. The van der Waals surface area contributed by atoms with E-state index in [1.807, 2.05) is 13.4 Å². The molecule has 2 N–H and O–H groups in total. The van der Waals surface area contributed by atoms with Crippen molar-refractivity contribution in [3.8, 4) is 0 Å². The van der Waals surface area contributed by atoms with Crippen LogP contribution in [0.2, 0.25) is 0 Å². The van der Waals surface area contributed by atoms with E-state index in [0.29, 0.717) is 6.04 Å². The molecule has 1 aromatic carbocycles. The van der Waals surface area contributed by atoms with Crippen molar-refractivity contribution < 1.29 is 0 Å². The fraction of sp³-hybridized carbons (Fsp3) is 0.533. The summed E-state index contributed by atoms with van der Waals surface area (Å²) in [6.07, 6.45) is 2.92. The monoisotopic (exact) mass is 260 g/mol. The minimum atomic E-state index is 0.563. The molecule has 4 nitrogen and oxygen atoms in total. The topological polar surface area (TPSA) is 41.9 Å². The Morgan fingerprint density at radius 1 is 1.21 bits per heavy atom. The van der Waals surface area contributed by atoms with E-state index in [1.54, 1.807) is 0 Å². The number of nitrogens with one attached hydrogen (secondary N) is 2. The van der Waals surface area contributed by atoms with Crippen molar-refractivity contribution in [2.24, 2.45) is 7.05 Å². The average molecular weight is 260 g/mol. The lowest BCUT2D eigenvalue weighted by Crippen LogP contribution is -2.32. The van der Waals surface area contributed by atoms with E-state index in [1.165, 1.54) is 11.1 Å². The summed E-state index contributed by atoms with van der Waals surface area (Å²) in [5, 5.41) is 6.85. The van der Waals surface area contributed by atoms with Crippen molar-refractivity contribution in [2.75, 3.05) is 19.6 Å². The largest absolute Gasteiger partial charge is 0.334 e. The first-order chi connectivity index (χ1) is 9.16. The number of rotatable bonds is 7. The maximum absolute atomic E-state index is 4.39. The van der Waals surface area contributed by atoms with Crippen molar-refractivity contribution in [3.05, 3.63) is 30.1 Å². The SMILES string of the molecule is CC(C)NCCNCCc1ccc2c(c1)ncn2C. The lowest BCUT2D eigenvalue weighted by atomic mass is 10.1. The molecule has 0 aliphatic carbocycles. The number of benzene rings is 1. The highest BCUT2D eigenvalue weighted by Gasteiger charge is 2.01. The molecule has 0 aliphatic heterocycles. The summed E-state index contributed by atoms with van der Waals surface area (Å²) in [7, 11) is 2.03. The van der Waals surface area contributed by atoms with Crippen molar-refractivity contribution in [3.63, 3.8) is 0 Å². The maximum atomic E-state index is 4.39. The maximum Gasteiger partial charge on any atom is 0.0955 e. The van der Waals surface area contributed by atoms with E-state index in [4.69, 9.17) is 0 Å². The van der Waals surface area contributed by atoms with Crippen molar-refractivity contribution in [1.29, 1.82) is 0 Å². The number of nitrogens with zero attached hydrogens (tertiary/aromatic N) is 2. The highest BCUT2D eigenvalue weighted by molar-refractivity contribution is 5.75. The molecule has 0 atom stereocenters. The molecule has 0 saturated carbocycles. The van der Waals surface area contributed by atoms with E-state index < -0.39 is 0 Å². The van der Waals surface area contributed by atoms with Gasteiger partial charge in [-0.3, -0.25) is 0 Å². The van der Waals surface area contributed by atoms with Crippen LogP contribution in [0.15, 0.2) is 24.5 Å². The van der Waals surface area contributed by atoms with Crippen LogP contribution in [0.3, 0.4) is 0 Å². The van der Waals surface area contributed by atoms with Crippen molar-refractivity contribution in [1.82, 2.24) is 20.2 Å². The molecule has 0 spiro atoms. The van der Waals surface area contributed by atoms with Gasteiger partial charge in [0.15, 0.2) is 0 Å². The lowest BCUT2D eigenvalue weighted by molar-refractivity contribution is 0.556. The van der Waals surface area contributed by atoms with Crippen LogP contribution in [0.1, 0.15) is 19.4 Å². The predicted molar refractivity (Wildman–Crippen MR) is 80.4 cm³/mol. The predicted octanol–water partition coefficient (Wildman–Crippen LogP) is 1.70. The zero-order valence-electron chi connectivity index (χ0n) is 12.1. The van der Waals surface area contributed by atoms with E-state index in [2.05, 4.69) is 52.2 Å². The van der Waals surface area contributed by atoms with Crippen LogP contribution in [0, 0.1) is 0 Å². The number of imidazole rings is 1. The minimum Gasteiger partial charge on any atom is -0.334 e. The Labute approximate surface area is 115 Å². The summed E-state index contributed by atoms with van der Waals surface area (Å²) >= 11 is 0. The summed E-state index contributed by atoms with van der Waals surface area (Å²) in [6.45, 7) is 7.39. The molecule has 19 heavy (non-hydrogen) atoms. The number of fused-ring (bicyclic) bond motifs is 1. The van der Waals surface area contributed by atoms with Gasteiger partial charge in [0.05, 0.1) is 17.4 Å². The van der Waals surface area contributed by atoms with Crippen LogP contribution in [0.4, 0.5) is 0 Å². The Kier molecular flexibility index (Phi) is 4.93. The summed E-state index contributed by atoms with van der Waals surface area (Å²) in [6, 6.07) is 7.09. The molecule has 0 saturated heterocycles. The van der Waals surface area contributed by atoms with Gasteiger partial charge in [-0.25, -0.2) is 4.98 Å². The second-order valence-electron chi connectivity index (χ2n) is 5.29. The van der Waals surface area contributed by atoms with E-state index in [0.717, 1.165) is 31.6 Å². The molecule has 0 amide bonds. The van der Waals surface area contributed by atoms with Crippen LogP contribution in [-0.4, -0.2) is 35.2 Å². The van der Waals surface area contributed by atoms with Gasteiger partial charge in [0, 0.05) is 26.2 Å². The fourth-order valence-corrected chi connectivity index (χ4v) is 2.14. The Bertz CT molecular complexity index is 516. The summed E-state index contributed by atoms with van der Waals surface area (Å²) in [5.41, 5.74) is 3.62. The summed E-state index contributed by atoms with van der Waals surface area (Å²) in [5.74, 6) is 0. The first kappa shape index (κ1) is 14.0. The third-order valence-corrected chi connectivity index (χ3v) is 3.23. The van der Waals surface area contributed by atoms with Gasteiger partial charge >= 0.3 is 0 Å². The highest BCUT2D eigenvalue weighted by atomic mass is 15.0. The van der Waals surface area contributed by atoms with Crippen LogP contribution in [-0.2, 0) is 13.5 Å². The van der Waals surface area contributed by atoms with Gasteiger partial charge in [-0.05, 0) is 30.7 Å². The number of hydrogen-bond acceptors (Lipinski definition) is 3. The van der Waals surface area contributed by atoms with Gasteiger partial charge in [-0.15, -0.1) is 0 Å². The molecular weight excluding hydrogens is 236 g/mol. The zero-order chi connectivity index (χ0) is 13.7. The van der Waals surface area contributed by atoms with Gasteiger partial charge < -0.3 is 15.2 Å². The van der Waals surface area contributed by atoms with E-state index in [-0.39, 0.29) is 0 Å². The third-order valence-electron chi connectivity index (χ3n) is 3.23. The highest BCUT2D eigenvalue weighted by Crippen LogP contribution is 2.13. The van der Waals surface area contributed by atoms with E-state index >= 15 is 0 Å². The molecule has 104 valence electrons. The molecule has 2 aromatic rings. The molecule has 0 aliphatic rings. The molecule has 0 unspecified atom stereocenters. The molecule has 1 heterocycles. The smallest absolute Gasteiger partial charge is 0.0955 e. The molecular formula is C15H24N4. The van der Waals surface area contributed by atoms with Crippen LogP contribution in [0.5, 0.6) is 0 Å². The molecule has 1 aromatic heterocycles. The van der Waals surface area contributed by atoms with Gasteiger partial charge in [0.2, 0.25) is 0 Å². The summed E-state index contributed by atoms with van der Waals surface area (Å²) in [4.78, 5) is 4.39. The van der Waals surface area contributed by atoms with Gasteiger partial charge in [0.1, 0.15) is 0 Å². The fourth-order valence-electron chi connectivity index (χ4n) is 2.14. The van der Waals surface area contributed by atoms with Crippen LogP contribution in [0.25, 0.3) is 11.0 Å². The first-order valence-corrected chi connectivity index (χ1v) is 7.01. The summed E-state index contributed by atoms with van der Waals surface area (Å²) < 4.78 is 2.05. The Balaban J connectivity index is 1.75. The first-order valence-electron chi connectivity index (χ1n) is 7.01. The molecule has 2 rings (SSSR count). The minimum absolute atomic E-state index is 0.563. The number of aryl methyl sites for hydroxylation is 1. The van der Waals surface area contributed by atoms with Crippen LogP contribution < -0.4 is 10.6 Å². The Hall–Kier alpha value is -1.39. The van der Waals surface area contributed by atoms with Crippen LogP contribution >= 0.6 is 0 Å². The molecule has 4 heteroatoms. The van der Waals surface area contributed by atoms with Gasteiger partial charge in [-0.1, -0.05) is 19.9 Å². The molecule has 0 fully saturated rings. The van der Waals surface area contributed by atoms with E-state index in [9.17, 15) is 0 Å². The Morgan fingerprint density at radius 3 is 2.84 bits per heavy atom. The second kappa shape index (κ2) is 6.68. The zero-order valence-corrected chi connectivity index (χ0v) is 12.1. The van der Waals surface area contributed by atoms with Gasteiger partial charge in [0.25, 0.3) is 0 Å². The Morgan fingerprint density at radius 2 is 2.05 bits per heavy atom. The molecule has 0 radical (unpaired) electrons. The third kappa shape index (κ3) is 4.04. The van der Waals surface area contributed by atoms with Crippen molar-refractivity contribution >= 4 is 11.0 Å².